The van der Waals surface area contributed by atoms with Crippen LogP contribution >= 0.6 is 0 Å². The van der Waals surface area contributed by atoms with E-state index in [0.29, 0.717) is 54.8 Å². The van der Waals surface area contributed by atoms with Gasteiger partial charge in [0.25, 0.3) is 5.91 Å². The lowest BCUT2D eigenvalue weighted by Gasteiger charge is -2.35. The van der Waals surface area contributed by atoms with Crippen LogP contribution in [0.25, 0.3) is 0 Å². The van der Waals surface area contributed by atoms with Crippen molar-refractivity contribution in [2.24, 2.45) is 0 Å². The first-order valence-corrected chi connectivity index (χ1v) is 10.5. The van der Waals surface area contributed by atoms with Gasteiger partial charge < -0.3 is 29.3 Å². The third-order valence-electron chi connectivity index (χ3n) is 5.41. The summed E-state index contributed by atoms with van der Waals surface area (Å²) in [7, 11) is 4.60. The first-order chi connectivity index (χ1) is 16.1. The van der Waals surface area contributed by atoms with E-state index >= 15 is 0 Å². The van der Waals surface area contributed by atoms with Gasteiger partial charge in [-0.1, -0.05) is 0 Å². The molecule has 0 unspecified atom stereocenters. The topological polar surface area (TPSA) is 102 Å². The number of rotatable bonds is 7. The van der Waals surface area contributed by atoms with Crippen molar-refractivity contribution in [1.82, 2.24) is 20.1 Å². The van der Waals surface area contributed by atoms with Crippen molar-refractivity contribution < 1.29 is 19.0 Å². The Morgan fingerprint density at radius 1 is 0.879 bits per heavy atom. The molecule has 0 aliphatic carbocycles. The van der Waals surface area contributed by atoms with Gasteiger partial charge >= 0.3 is 0 Å². The molecule has 1 aromatic carbocycles. The van der Waals surface area contributed by atoms with Crippen molar-refractivity contribution in [3.63, 3.8) is 0 Å². The summed E-state index contributed by atoms with van der Waals surface area (Å²) in [5.74, 6) is 2.71. The number of ether oxygens (including phenoxy) is 3. The second-order valence-corrected chi connectivity index (χ2v) is 7.33. The lowest BCUT2D eigenvalue weighted by atomic mass is 10.1. The summed E-state index contributed by atoms with van der Waals surface area (Å²) in [6.45, 7) is 2.44. The average Bonchev–Trinajstić information content (AvgIpc) is 2.88. The first-order valence-electron chi connectivity index (χ1n) is 10.5. The zero-order chi connectivity index (χ0) is 23.2. The van der Waals surface area contributed by atoms with Crippen LogP contribution in [-0.2, 0) is 0 Å². The molecule has 10 nitrogen and oxygen atoms in total. The minimum absolute atomic E-state index is 0.0862. The molecule has 0 bridgehead atoms. The van der Waals surface area contributed by atoms with Gasteiger partial charge in [0.1, 0.15) is 0 Å². The quantitative estimate of drug-likeness (QED) is 0.582. The van der Waals surface area contributed by atoms with E-state index in [0.717, 1.165) is 11.5 Å². The molecule has 33 heavy (non-hydrogen) atoms. The van der Waals surface area contributed by atoms with Crippen molar-refractivity contribution >= 4 is 23.2 Å². The molecular weight excluding hydrogens is 424 g/mol. The Labute approximate surface area is 192 Å². The lowest BCUT2D eigenvalue weighted by molar-refractivity contribution is 0.0745. The molecular formula is C23H26N6O4. The summed E-state index contributed by atoms with van der Waals surface area (Å²) in [6, 6.07) is 10.9. The third-order valence-corrected chi connectivity index (χ3v) is 5.41. The molecule has 0 spiro atoms. The summed E-state index contributed by atoms with van der Waals surface area (Å²) < 4.78 is 16.1. The van der Waals surface area contributed by atoms with Gasteiger partial charge in [-0.25, -0.2) is 0 Å². The number of methoxy groups -OCH3 is 3. The van der Waals surface area contributed by atoms with E-state index in [1.165, 1.54) is 21.3 Å². The Morgan fingerprint density at radius 2 is 1.55 bits per heavy atom. The zero-order valence-corrected chi connectivity index (χ0v) is 18.8. The van der Waals surface area contributed by atoms with Crippen LogP contribution in [0.15, 0.2) is 48.8 Å². The predicted molar refractivity (Wildman–Crippen MR) is 124 cm³/mol. The first kappa shape index (κ1) is 22.1. The van der Waals surface area contributed by atoms with Crippen molar-refractivity contribution in [1.29, 1.82) is 0 Å². The van der Waals surface area contributed by atoms with Crippen molar-refractivity contribution in [2.75, 3.05) is 57.7 Å². The largest absolute Gasteiger partial charge is 0.493 e. The molecule has 172 valence electrons. The highest BCUT2D eigenvalue weighted by Crippen LogP contribution is 2.38. The van der Waals surface area contributed by atoms with Crippen molar-refractivity contribution in [2.45, 2.75) is 0 Å². The van der Waals surface area contributed by atoms with Crippen molar-refractivity contribution in [3.8, 4) is 17.2 Å². The van der Waals surface area contributed by atoms with E-state index in [-0.39, 0.29) is 5.91 Å². The van der Waals surface area contributed by atoms with Gasteiger partial charge in [0, 0.05) is 49.8 Å². The number of pyridine rings is 1. The minimum atomic E-state index is -0.0862. The monoisotopic (exact) mass is 450 g/mol. The Hall–Kier alpha value is -4.08. The standard InChI is InChI=1S/C23H26N6O4/c1-31-18-14-16(15-19(32-2)22(18)33-3)23(30)29-12-10-28(11-13-29)21-5-4-20(26-27-21)25-17-6-8-24-9-7-17/h4-9,14-15H,10-13H2,1-3H3,(H,24,25,26). The summed E-state index contributed by atoms with van der Waals surface area (Å²) >= 11 is 0. The van der Waals surface area contributed by atoms with E-state index in [4.69, 9.17) is 14.2 Å². The number of carbonyl (C=O) groups excluding carboxylic acids is 1. The van der Waals surface area contributed by atoms with Crippen LogP contribution < -0.4 is 24.4 Å². The van der Waals surface area contributed by atoms with Gasteiger partial charge in [0.2, 0.25) is 5.75 Å². The van der Waals surface area contributed by atoms with Crippen LogP contribution in [0.2, 0.25) is 0 Å². The fourth-order valence-corrected chi connectivity index (χ4v) is 3.67. The van der Waals surface area contributed by atoms with Gasteiger partial charge in [-0.15, -0.1) is 10.2 Å². The molecule has 0 radical (unpaired) electrons. The molecule has 4 rings (SSSR count). The second-order valence-electron chi connectivity index (χ2n) is 7.33. The summed E-state index contributed by atoms with van der Waals surface area (Å²) in [5, 5.41) is 11.8. The van der Waals surface area contributed by atoms with Gasteiger partial charge in [0.15, 0.2) is 23.1 Å². The molecule has 10 heteroatoms. The number of nitrogens with one attached hydrogen (secondary N) is 1. The fraction of sp³-hybridized carbons (Fsp3) is 0.304. The minimum Gasteiger partial charge on any atom is -0.493 e. The van der Waals surface area contributed by atoms with Crippen LogP contribution in [0.5, 0.6) is 17.2 Å². The zero-order valence-electron chi connectivity index (χ0n) is 18.8. The number of piperazine rings is 1. The number of hydrogen-bond donors (Lipinski definition) is 1. The molecule has 1 saturated heterocycles. The maximum Gasteiger partial charge on any atom is 0.254 e. The number of benzene rings is 1. The maximum absolute atomic E-state index is 13.1. The smallest absolute Gasteiger partial charge is 0.254 e. The fourth-order valence-electron chi connectivity index (χ4n) is 3.67. The molecule has 1 aliphatic heterocycles. The Bertz CT molecular complexity index is 1060. The molecule has 3 heterocycles. The van der Waals surface area contributed by atoms with Crippen molar-refractivity contribution in [3.05, 3.63) is 54.4 Å². The van der Waals surface area contributed by atoms with Crippen LogP contribution in [0.1, 0.15) is 10.4 Å². The number of amides is 1. The number of hydrogen-bond acceptors (Lipinski definition) is 9. The SMILES string of the molecule is COc1cc(C(=O)N2CCN(c3ccc(Nc4ccncc4)nn3)CC2)cc(OC)c1OC. The second kappa shape index (κ2) is 10.0. The summed E-state index contributed by atoms with van der Waals surface area (Å²) in [5.41, 5.74) is 1.38. The van der Waals surface area contributed by atoms with Gasteiger partial charge in [-0.3, -0.25) is 9.78 Å². The Kier molecular flexibility index (Phi) is 6.72. The highest BCUT2D eigenvalue weighted by Gasteiger charge is 2.25. The molecule has 1 fully saturated rings. The highest BCUT2D eigenvalue weighted by molar-refractivity contribution is 5.95. The van der Waals surface area contributed by atoms with Crippen LogP contribution in [0.4, 0.5) is 17.3 Å². The van der Waals surface area contributed by atoms with Crippen LogP contribution in [-0.4, -0.2) is 73.5 Å². The predicted octanol–water partition coefficient (Wildman–Crippen LogP) is 2.60. The summed E-state index contributed by atoms with van der Waals surface area (Å²) in [4.78, 5) is 21.0. The van der Waals surface area contributed by atoms with Gasteiger partial charge in [-0.05, 0) is 36.4 Å². The molecule has 0 saturated carbocycles. The third kappa shape index (κ3) is 4.89. The normalized spacial score (nSPS) is 13.4. The highest BCUT2D eigenvalue weighted by atomic mass is 16.5. The van der Waals surface area contributed by atoms with Crippen LogP contribution in [0, 0.1) is 0 Å². The van der Waals surface area contributed by atoms with E-state index in [1.807, 2.05) is 29.2 Å². The molecule has 3 aromatic rings. The number of aromatic nitrogens is 3. The van der Waals surface area contributed by atoms with Gasteiger partial charge in [0.05, 0.1) is 21.3 Å². The summed E-state index contributed by atoms with van der Waals surface area (Å²) in [6.07, 6.45) is 3.42. The van der Waals surface area contributed by atoms with E-state index < -0.39 is 0 Å². The van der Waals surface area contributed by atoms with E-state index in [1.54, 1.807) is 24.5 Å². The molecule has 1 N–H and O–H groups in total. The van der Waals surface area contributed by atoms with Gasteiger partial charge in [-0.2, -0.15) is 0 Å². The average molecular weight is 450 g/mol. The maximum atomic E-state index is 13.1. The van der Waals surface area contributed by atoms with E-state index in [9.17, 15) is 4.79 Å². The molecule has 0 atom stereocenters. The molecule has 1 amide bonds. The number of nitrogens with zero attached hydrogens (tertiary/aromatic N) is 5. The number of carbonyl (C=O) groups is 1. The van der Waals surface area contributed by atoms with Crippen LogP contribution in [0.3, 0.4) is 0 Å². The Balaban J connectivity index is 1.39. The number of anilines is 3. The lowest BCUT2D eigenvalue weighted by Crippen LogP contribution is -2.49. The van der Waals surface area contributed by atoms with E-state index in [2.05, 4.69) is 25.4 Å². The molecule has 2 aromatic heterocycles. The Morgan fingerprint density at radius 3 is 2.09 bits per heavy atom. The molecule has 1 aliphatic rings.